The average molecular weight is 616 g/mol. The number of methoxy groups -OCH3 is 2. The lowest BCUT2D eigenvalue weighted by Gasteiger charge is -2.25. The first-order valence-electron chi connectivity index (χ1n) is 13.6. The molecule has 0 unspecified atom stereocenters. The summed E-state index contributed by atoms with van der Waals surface area (Å²) in [7, 11) is 3.05. The van der Waals surface area contributed by atoms with Crippen LogP contribution in [0, 0.1) is 10.1 Å². The number of nitro benzene ring substituents is 1. The second-order valence-corrected chi connectivity index (χ2v) is 10.7. The van der Waals surface area contributed by atoms with E-state index in [9.17, 15) is 19.7 Å². The minimum Gasteiger partial charge on any atom is -0.493 e. The minimum atomic E-state index is -0.802. The highest BCUT2D eigenvalue weighted by molar-refractivity contribution is 7.07. The number of nitro groups is 1. The molecule has 12 heteroatoms. The van der Waals surface area contributed by atoms with E-state index in [1.807, 2.05) is 12.1 Å². The molecule has 0 spiro atoms. The maximum Gasteiger partial charge on any atom is 0.338 e. The number of ether oxygens (including phenoxy) is 4. The van der Waals surface area contributed by atoms with Crippen molar-refractivity contribution in [3.05, 3.63) is 124 Å². The fourth-order valence-corrected chi connectivity index (χ4v) is 5.90. The smallest absolute Gasteiger partial charge is 0.338 e. The molecule has 0 amide bonds. The molecule has 2 heterocycles. The molecule has 1 atom stereocenters. The van der Waals surface area contributed by atoms with Gasteiger partial charge in [0, 0.05) is 12.1 Å². The summed E-state index contributed by atoms with van der Waals surface area (Å²) in [6.07, 6.45) is 1.75. The number of thiazole rings is 1. The Kier molecular flexibility index (Phi) is 8.91. The number of aromatic nitrogens is 1. The molecular formula is C32H29N3O8S. The molecule has 0 N–H and O–H groups in total. The maximum absolute atomic E-state index is 14.0. The van der Waals surface area contributed by atoms with Crippen LogP contribution in [-0.2, 0) is 16.1 Å². The van der Waals surface area contributed by atoms with Crippen LogP contribution < -0.4 is 29.1 Å². The van der Waals surface area contributed by atoms with E-state index in [0.29, 0.717) is 37.8 Å². The fourth-order valence-electron chi connectivity index (χ4n) is 4.86. The molecule has 11 nitrogen and oxygen atoms in total. The number of hydrogen-bond acceptors (Lipinski definition) is 10. The van der Waals surface area contributed by atoms with Crippen LogP contribution in [0.4, 0.5) is 5.69 Å². The number of esters is 1. The summed E-state index contributed by atoms with van der Waals surface area (Å²) in [4.78, 5) is 42.6. The molecule has 1 aliphatic rings. The van der Waals surface area contributed by atoms with Gasteiger partial charge in [0.25, 0.3) is 11.2 Å². The van der Waals surface area contributed by atoms with Crippen LogP contribution in [0.1, 0.15) is 36.6 Å². The Balaban J connectivity index is 1.53. The van der Waals surface area contributed by atoms with Gasteiger partial charge in [0.2, 0.25) is 0 Å². The number of nitrogens with zero attached hydrogens (tertiary/aromatic N) is 3. The number of allylic oxidation sites excluding steroid dienone is 1. The van der Waals surface area contributed by atoms with Crippen molar-refractivity contribution >= 4 is 29.1 Å². The Morgan fingerprint density at radius 2 is 1.82 bits per heavy atom. The van der Waals surface area contributed by atoms with E-state index in [2.05, 4.69) is 4.99 Å². The fraction of sp³-hybridized carbons (Fsp3) is 0.219. The number of rotatable bonds is 10. The number of hydrogen-bond donors (Lipinski definition) is 0. The zero-order valence-corrected chi connectivity index (χ0v) is 25.3. The molecule has 0 saturated heterocycles. The van der Waals surface area contributed by atoms with Crippen LogP contribution in [0.25, 0.3) is 6.08 Å². The van der Waals surface area contributed by atoms with E-state index < -0.39 is 16.9 Å². The van der Waals surface area contributed by atoms with E-state index in [4.69, 9.17) is 18.9 Å². The van der Waals surface area contributed by atoms with E-state index in [1.54, 1.807) is 62.4 Å². The van der Waals surface area contributed by atoms with E-state index >= 15 is 0 Å². The van der Waals surface area contributed by atoms with Crippen LogP contribution in [0.2, 0.25) is 0 Å². The van der Waals surface area contributed by atoms with Crippen LogP contribution in [-0.4, -0.2) is 36.3 Å². The Bertz CT molecular complexity index is 1940. The van der Waals surface area contributed by atoms with Crippen molar-refractivity contribution < 1.29 is 28.7 Å². The van der Waals surface area contributed by atoms with Gasteiger partial charge in [0.05, 0.1) is 47.6 Å². The van der Waals surface area contributed by atoms with Gasteiger partial charge in [0.15, 0.2) is 16.3 Å². The zero-order valence-electron chi connectivity index (χ0n) is 24.4. The van der Waals surface area contributed by atoms with Crippen molar-refractivity contribution in [2.75, 3.05) is 20.8 Å². The first-order valence-corrected chi connectivity index (χ1v) is 14.4. The summed E-state index contributed by atoms with van der Waals surface area (Å²) in [5.74, 6) is 0.975. The van der Waals surface area contributed by atoms with E-state index in [0.717, 1.165) is 11.1 Å². The summed E-state index contributed by atoms with van der Waals surface area (Å²) in [5.41, 5.74) is 2.54. The van der Waals surface area contributed by atoms with Gasteiger partial charge in [-0.2, -0.15) is 0 Å². The second kappa shape index (κ2) is 13.0. The summed E-state index contributed by atoms with van der Waals surface area (Å²) in [6.45, 7) is 3.83. The SMILES string of the molecule is CCOC(=O)C1=C(C)N=c2sc(=Cc3cccc(OCc4ccc([N+](=O)[O-])cc4)c3)c(=O)n2[C@H]1c1ccc(OC)c(OC)c1. The Hall–Kier alpha value is -5.23. The normalized spacial score (nSPS) is 14.5. The highest BCUT2D eigenvalue weighted by Crippen LogP contribution is 2.36. The lowest BCUT2D eigenvalue weighted by Crippen LogP contribution is -2.39. The van der Waals surface area contributed by atoms with Crippen molar-refractivity contribution in [3.63, 3.8) is 0 Å². The predicted octanol–water partition coefficient (Wildman–Crippen LogP) is 4.30. The number of carbonyl (C=O) groups excluding carboxylic acids is 1. The van der Waals surface area contributed by atoms with Gasteiger partial charge in [-0.1, -0.05) is 29.5 Å². The van der Waals surface area contributed by atoms with Gasteiger partial charge in [-0.15, -0.1) is 0 Å². The van der Waals surface area contributed by atoms with Crippen LogP contribution >= 0.6 is 11.3 Å². The Morgan fingerprint density at radius 1 is 1.07 bits per heavy atom. The molecule has 5 rings (SSSR count). The first kappa shape index (κ1) is 30.2. The van der Waals surface area contributed by atoms with Gasteiger partial charge in [-0.25, -0.2) is 9.79 Å². The Labute approximate surface area is 256 Å². The largest absolute Gasteiger partial charge is 0.493 e. The number of benzene rings is 3. The van der Waals surface area contributed by atoms with Crippen LogP contribution in [0.3, 0.4) is 0 Å². The molecule has 0 radical (unpaired) electrons. The minimum absolute atomic E-state index is 0.00940. The van der Waals surface area contributed by atoms with Gasteiger partial charge in [-0.05, 0) is 73.0 Å². The highest BCUT2D eigenvalue weighted by atomic mass is 32.1. The monoisotopic (exact) mass is 615 g/mol. The van der Waals surface area contributed by atoms with Gasteiger partial charge in [-0.3, -0.25) is 19.5 Å². The lowest BCUT2D eigenvalue weighted by atomic mass is 9.95. The third-order valence-electron chi connectivity index (χ3n) is 6.95. The second-order valence-electron chi connectivity index (χ2n) is 9.70. The Morgan fingerprint density at radius 3 is 2.50 bits per heavy atom. The molecule has 0 fully saturated rings. The highest BCUT2D eigenvalue weighted by Gasteiger charge is 2.34. The molecular weight excluding hydrogens is 586 g/mol. The summed E-state index contributed by atoms with van der Waals surface area (Å²) in [6, 6.07) is 17.8. The quantitative estimate of drug-likeness (QED) is 0.147. The molecule has 1 aromatic heterocycles. The molecule has 0 saturated carbocycles. The molecule has 44 heavy (non-hydrogen) atoms. The molecule has 0 bridgehead atoms. The topological polar surface area (TPSA) is 131 Å². The van der Waals surface area contributed by atoms with Crippen molar-refractivity contribution in [1.82, 2.24) is 4.57 Å². The van der Waals surface area contributed by atoms with Gasteiger partial charge in [0.1, 0.15) is 12.4 Å². The number of carbonyl (C=O) groups is 1. The molecule has 1 aliphatic heterocycles. The van der Waals surface area contributed by atoms with Crippen molar-refractivity contribution in [2.45, 2.75) is 26.5 Å². The van der Waals surface area contributed by atoms with E-state index in [-0.39, 0.29) is 30.0 Å². The third-order valence-corrected chi connectivity index (χ3v) is 7.93. The number of non-ortho nitro benzene ring substituents is 1. The van der Waals surface area contributed by atoms with Crippen molar-refractivity contribution in [1.29, 1.82) is 0 Å². The zero-order chi connectivity index (χ0) is 31.4. The van der Waals surface area contributed by atoms with Crippen LogP contribution in [0.15, 0.2) is 87.8 Å². The van der Waals surface area contributed by atoms with Crippen LogP contribution in [0.5, 0.6) is 17.2 Å². The third kappa shape index (κ3) is 6.11. The first-order chi connectivity index (χ1) is 21.2. The number of fused-ring (bicyclic) bond motifs is 1. The average Bonchev–Trinajstić information content (AvgIpc) is 3.33. The van der Waals surface area contributed by atoms with Gasteiger partial charge < -0.3 is 18.9 Å². The van der Waals surface area contributed by atoms with E-state index in [1.165, 1.54) is 42.3 Å². The predicted molar refractivity (Wildman–Crippen MR) is 164 cm³/mol. The van der Waals surface area contributed by atoms with Gasteiger partial charge >= 0.3 is 5.97 Å². The standard InChI is InChI=1S/C32H29N3O8S/c1-5-42-31(37)28-19(2)33-32-34(29(28)22-11-14-25(40-3)26(17-22)41-4)30(36)27(44-32)16-21-7-6-8-24(15-21)43-18-20-9-12-23(13-10-20)35(38)39/h6-17,29H,5,18H2,1-4H3/t29-/m0/s1. The van der Waals surface area contributed by atoms with Crippen molar-refractivity contribution in [2.24, 2.45) is 4.99 Å². The molecule has 0 aliphatic carbocycles. The van der Waals surface area contributed by atoms with Crippen molar-refractivity contribution in [3.8, 4) is 17.2 Å². The molecule has 3 aromatic carbocycles. The summed E-state index contributed by atoms with van der Waals surface area (Å²) >= 11 is 1.21. The summed E-state index contributed by atoms with van der Waals surface area (Å²) in [5, 5.41) is 10.9. The molecule has 4 aromatic rings. The lowest BCUT2D eigenvalue weighted by molar-refractivity contribution is -0.384. The summed E-state index contributed by atoms with van der Waals surface area (Å²) < 4.78 is 24.1. The maximum atomic E-state index is 14.0. The molecule has 226 valence electrons.